The molecule has 1 N–H and O–H groups in total. The number of para-hydroxylation sites is 3. The molecule has 0 radical (unpaired) electrons. The van der Waals surface area contributed by atoms with Gasteiger partial charge in [-0.15, -0.1) is 0 Å². The smallest absolute Gasteiger partial charge is 0.219 e. The van der Waals surface area contributed by atoms with Crippen molar-refractivity contribution in [2.75, 3.05) is 13.2 Å². The van der Waals surface area contributed by atoms with Crippen molar-refractivity contribution >= 4 is 16.9 Å². The molecule has 0 saturated heterocycles. The van der Waals surface area contributed by atoms with Gasteiger partial charge in [0, 0.05) is 25.9 Å². The maximum Gasteiger partial charge on any atom is 0.219 e. The van der Waals surface area contributed by atoms with Crippen LogP contribution in [0.25, 0.3) is 11.0 Å². The lowest BCUT2D eigenvalue weighted by atomic mass is 10.2. The van der Waals surface area contributed by atoms with Gasteiger partial charge in [0.25, 0.3) is 0 Å². The molecule has 2 aromatic carbocycles. The molecule has 0 aliphatic heterocycles. The molecule has 1 amide bonds. The number of imidazole rings is 1. The Morgan fingerprint density at radius 2 is 1.86 bits per heavy atom. The highest BCUT2D eigenvalue weighted by Gasteiger charge is 2.10. The average Bonchev–Trinajstić information content (AvgIpc) is 3.09. The first-order valence-corrected chi connectivity index (χ1v) is 10.6. The maximum atomic E-state index is 11.4. The Bertz CT molecular complexity index is 933. The van der Waals surface area contributed by atoms with E-state index in [0.717, 1.165) is 55.9 Å². The van der Waals surface area contributed by atoms with Crippen LogP contribution in [-0.4, -0.2) is 28.6 Å². The summed E-state index contributed by atoms with van der Waals surface area (Å²) in [7, 11) is 0. The van der Waals surface area contributed by atoms with Crippen LogP contribution in [0.5, 0.6) is 5.75 Å². The van der Waals surface area contributed by atoms with Crippen LogP contribution in [0.15, 0.2) is 48.5 Å². The van der Waals surface area contributed by atoms with Gasteiger partial charge in [0.1, 0.15) is 11.6 Å². The summed E-state index contributed by atoms with van der Waals surface area (Å²) < 4.78 is 8.25. The number of nitrogens with zero attached hydrogens (tertiary/aromatic N) is 2. The number of amides is 1. The number of ether oxygens (including phenoxy) is 1. The van der Waals surface area contributed by atoms with Gasteiger partial charge < -0.3 is 14.6 Å². The minimum absolute atomic E-state index is 0.104. The fourth-order valence-electron chi connectivity index (χ4n) is 3.44. The molecule has 154 valence electrons. The molecular weight excluding hydrogens is 362 g/mol. The highest BCUT2D eigenvalue weighted by molar-refractivity contribution is 5.76. The van der Waals surface area contributed by atoms with Crippen molar-refractivity contribution in [1.29, 1.82) is 0 Å². The Labute approximate surface area is 173 Å². The van der Waals surface area contributed by atoms with Crippen molar-refractivity contribution in [3.05, 3.63) is 59.9 Å². The van der Waals surface area contributed by atoms with E-state index in [-0.39, 0.29) is 5.91 Å². The number of rotatable bonds is 11. The number of fused-ring (bicyclic) bond motifs is 1. The number of nitrogens with one attached hydrogen (secondary N) is 1. The van der Waals surface area contributed by atoms with Crippen molar-refractivity contribution in [3.8, 4) is 5.75 Å². The van der Waals surface area contributed by atoms with Crippen molar-refractivity contribution in [2.45, 2.75) is 52.5 Å². The van der Waals surface area contributed by atoms with Gasteiger partial charge in [-0.1, -0.05) is 37.3 Å². The number of aryl methyl sites for hydroxylation is 3. The monoisotopic (exact) mass is 393 g/mol. The molecule has 0 bridgehead atoms. The highest BCUT2D eigenvalue weighted by Crippen LogP contribution is 2.19. The van der Waals surface area contributed by atoms with Crippen LogP contribution >= 0.6 is 0 Å². The summed E-state index contributed by atoms with van der Waals surface area (Å²) >= 11 is 0. The number of hydrogen-bond acceptors (Lipinski definition) is 3. The predicted molar refractivity (Wildman–Crippen MR) is 117 cm³/mol. The molecule has 1 aromatic heterocycles. The zero-order valence-electron chi connectivity index (χ0n) is 17.5. The van der Waals surface area contributed by atoms with E-state index in [0.29, 0.717) is 13.0 Å². The van der Waals surface area contributed by atoms with Crippen molar-refractivity contribution in [2.24, 2.45) is 0 Å². The average molecular weight is 394 g/mol. The second-order valence-electron chi connectivity index (χ2n) is 7.30. The number of carbonyl (C=O) groups is 1. The van der Waals surface area contributed by atoms with Crippen LogP contribution in [0.2, 0.25) is 0 Å². The summed E-state index contributed by atoms with van der Waals surface area (Å²) in [5.74, 6) is 2.17. The van der Waals surface area contributed by atoms with Gasteiger partial charge in [-0.25, -0.2) is 4.98 Å². The quantitative estimate of drug-likeness (QED) is 0.482. The fraction of sp³-hybridized carbons (Fsp3) is 0.417. The molecule has 0 aliphatic rings. The number of carbonyl (C=O) groups excluding carboxylic acids is 1. The first kappa shape index (κ1) is 20.9. The molecule has 0 spiro atoms. The molecule has 1 heterocycles. The normalized spacial score (nSPS) is 11.0. The maximum absolute atomic E-state index is 11.4. The molecule has 0 atom stereocenters. The number of aromatic nitrogens is 2. The summed E-state index contributed by atoms with van der Waals surface area (Å²) in [5.41, 5.74) is 3.39. The van der Waals surface area contributed by atoms with Gasteiger partial charge in [0.2, 0.25) is 5.91 Å². The molecule has 3 aromatic rings. The van der Waals surface area contributed by atoms with E-state index in [9.17, 15) is 4.79 Å². The lowest BCUT2D eigenvalue weighted by Crippen LogP contribution is -2.23. The summed E-state index contributed by atoms with van der Waals surface area (Å²) in [5, 5.41) is 2.94. The Morgan fingerprint density at radius 1 is 1.07 bits per heavy atom. The van der Waals surface area contributed by atoms with Crippen LogP contribution in [-0.2, 0) is 17.8 Å². The summed E-state index contributed by atoms with van der Waals surface area (Å²) in [6, 6.07) is 16.4. The first-order valence-electron chi connectivity index (χ1n) is 10.6. The highest BCUT2D eigenvalue weighted by atomic mass is 16.5. The second kappa shape index (κ2) is 10.6. The van der Waals surface area contributed by atoms with E-state index in [1.807, 2.05) is 31.2 Å². The predicted octanol–water partition coefficient (Wildman–Crippen LogP) is 4.66. The van der Waals surface area contributed by atoms with Crippen molar-refractivity contribution < 1.29 is 9.53 Å². The third-order valence-electron chi connectivity index (χ3n) is 5.08. The van der Waals surface area contributed by atoms with E-state index in [4.69, 9.17) is 9.72 Å². The van der Waals surface area contributed by atoms with Gasteiger partial charge in [-0.2, -0.15) is 0 Å². The van der Waals surface area contributed by atoms with Crippen LogP contribution < -0.4 is 10.1 Å². The van der Waals surface area contributed by atoms with Crippen LogP contribution in [0.1, 0.15) is 44.0 Å². The summed E-state index contributed by atoms with van der Waals surface area (Å²) in [4.78, 5) is 16.2. The van der Waals surface area contributed by atoms with Crippen molar-refractivity contribution in [3.63, 3.8) is 0 Å². The van der Waals surface area contributed by atoms with E-state index in [1.165, 1.54) is 11.1 Å². The molecule has 29 heavy (non-hydrogen) atoms. The van der Waals surface area contributed by atoms with E-state index < -0.39 is 0 Å². The Kier molecular flexibility index (Phi) is 7.68. The van der Waals surface area contributed by atoms with Crippen LogP contribution in [0.3, 0.4) is 0 Å². The van der Waals surface area contributed by atoms with Gasteiger partial charge in [0.15, 0.2) is 0 Å². The summed E-state index contributed by atoms with van der Waals surface area (Å²) in [6.07, 6.45) is 4.31. The zero-order chi connectivity index (χ0) is 20.5. The molecule has 0 aliphatic carbocycles. The topological polar surface area (TPSA) is 56.2 Å². The standard InChI is InChI=1S/C24H31N3O2/c1-3-24(28)25-16-10-15-23-26-20-12-5-6-13-21(20)27(23)17-8-9-18-29-22-14-7-4-11-19(22)2/h4-7,11-14H,3,8-10,15-18H2,1-2H3,(H,25,28). The van der Waals surface area contributed by atoms with E-state index in [1.54, 1.807) is 0 Å². The minimum atomic E-state index is 0.104. The summed E-state index contributed by atoms with van der Waals surface area (Å²) in [6.45, 7) is 6.28. The van der Waals surface area contributed by atoms with Crippen LogP contribution in [0, 0.1) is 6.92 Å². The zero-order valence-corrected chi connectivity index (χ0v) is 17.5. The third-order valence-corrected chi connectivity index (χ3v) is 5.08. The lowest BCUT2D eigenvalue weighted by molar-refractivity contribution is -0.120. The molecular formula is C24H31N3O2. The molecule has 0 fully saturated rings. The third kappa shape index (κ3) is 5.83. The molecule has 5 heteroatoms. The Morgan fingerprint density at radius 3 is 2.69 bits per heavy atom. The second-order valence-corrected chi connectivity index (χ2v) is 7.30. The van der Waals surface area contributed by atoms with Gasteiger partial charge in [-0.3, -0.25) is 4.79 Å². The molecule has 3 rings (SSSR count). The molecule has 0 unspecified atom stereocenters. The Hall–Kier alpha value is -2.82. The van der Waals surface area contributed by atoms with Gasteiger partial charge >= 0.3 is 0 Å². The van der Waals surface area contributed by atoms with Gasteiger partial charge in [0.05, 0.1) is 17.6 Å². The molecule has 0 saturated carbocycles. The first-order chi connectivity index (χ1) is 14.2. The van der Waals surface area contributed by atoms with Gasteiger partial charge in [-0.05, 0) is 49.9 Å². The largest absolute Gasteiger partial charge is 0.493 e. The van der Waals surface area contributed by atoms with Crippen LogP contribution in [0.4, 0.5) is 0 Å². The minimum Gasteiger partial charge on any atom is -0.493 e. The fourth-order valence-corrected chi connectivity index (χ4v) is 3.44. The number of unbranched alkanes of at least 4 members (excludes halogenated alkanes) is 1. The number of hydrogen-bond donors (Lipinski definition) is 1. The molecule has 5 nitrogen and oxygen atoms in total. The van der Waals surface area contributed by atoms with E-state index >= 15 is 0 Å². The van der Waals surface area contributed by atoms with E-state index in [2.05, 4.69) is 41.1 Å². The lowest BCUT2D eigenvalue weighted by Gasteiger charge is -2.11. The SMILES string of the molecule is CCC(=O)NCCCc1nc2ccccc2n1CCCCOc1ccccc1C. The van der Waals surface area contributed by atoms with Crippen molar-refractivity contribution in [1.82, 2.24) is 14.9 Å². The number of benzene rings is 2. The Balaban J connectivity index is 1.54.